The van der Waals surface area contributed by atoms with E-state index in [4.69, 9.17) is 5.73 Å². The van der Waals surface area contributed by atoms with Crippen LogP contribution in [0.15, 0.2) is 18.2 Å². The molecule has 0 aliphatic heterocycles. The zero-order valence-corrected chi connectivity index (χ0v) is 10.2. The molecule has 3 nitrogen and oxygen atoms in total. The summed E-state index contributed by atoms with van der Waals surface area (Å²) in [7, 11) is 1.35. The number of carbonyl (C=O) groups is 1. The van der Waals surface area contributed by atoms with Crippen molar-refractivity contribution in [2.45, 2.75) is 19.5 Å². The molecular formula is C12H15F3N2O. The van der Waals surface area contributed by atoms with Gasteiger partial charge < -0.3 is 10.6 Å². The predicted octanol–water partition coefficient (Wildman–Crippen LogP) is 2.60. The Labute approximate surface area is 103 Å². The lowest BCUT2D eigenvalue weighted by Crippen LogP contribution is -2.30. The number of aryl methyl sites for hydroxylation is 1. The van der Waals surface area contributed by atoms with Crippen LogP contribution in [0.25, 0.3) is 0 Å². The summed E-state index contributed by atoms with van der Waals surface area (Å²) in [4.78, 5) is 12.9. The summed E-state index contributed by atoms with van der Waals surface area (Å²) in [5, 5.41) is 0. The van der Waals surface area contributed by atoms with Crippen molar-refractivity contribution in [3.8, 4) is 0 Å². The van der Waals surface area contributed by atoms with Gasteiger partial charge in [-0.15, -0.1) is 0 Å². The number of rotatable bonds is 3. The normalized spacial score (nSPS) is 11.4. The minimum atomic E-state index is -4.26. The molecular weight excluding hydrogens is 245 g/mol. The Morgan fingerprint density at radius 3 is 2.50 bits per heavy atom. The van der Waals surface area contributed by atoms with Gasteiger partial charge in [-0.3, -0.25) is 4.79 Å². The Bertz CT molecular complexity index is 443. The third kappa shape index (κ3) is 3.94. The zero-order valence-electron chi connectivity index (χ0n) is 10.2. The molecule has 0 heterocycles. The van der Waals surface area contributed by atoms with Crippen LogP contribution >= 0.6 is 0 Å². The van der Waals surface area contributed by atoms with Crippen molar-refractivity contribution in [2.75, 3.05) is 19.3 Å². The first-order valence-electron chi connectivity index (χ1n) is 5.39. The minimum absolute atomic E-state index is 0.339. The molecule has 0 aromatic heterocycles. The minimum Gasteiger partial charge on any atom is -0.399 e. The summed E-state index contributed by atoms with van der Waals surface area (Å²) in [5.74, 6) is -0.442. The fraction of sp³-hybridized carbons (Fsp3) is 0.417. The second kappa shape index (κ2) is 5.29. The Hall–Kier alpha value is -1.72. The van der Waals surface area contributed by atoms with Gasteiger partial charge in [-0.25, -0.2) is 0 Å². The molecule has 100 valence electrons. The topological polar surface area (TPSA) is 46.3 Å². The van der Waals surface area contributed by atoms with Crippen molar-refractivity contribution >= 4 is 11.6 Å². The van der Waals surface area contributed by atoms with Crippen molar-refractivity contribution < 1.29 is 18.0 Å². The maximum Gasteiger partial charge on any atom is 0.390 e. The van der Waals surface area contributed by atoms with Crippen LogP contribution < -0.4 is 5.73 Å². The van der Waals surface area contributed by atoms with Gasteiger partial charge in [0.05, 0.1) is 6.42 Å². The van der Waals surface area contributed by atoms with Gasteiger partial charge in [0, 0.05) is 24.8 Å². The summed E-state index contributed by atoms with van der Waals surface area (Å²) in [6.07, 6.45) is -5.27. The number of hydrogen-bond acceptors (Lipinski definition) is 2. The number of nitrogens with zero attached hydrogens (tertiary/aromatic N) is 1. The van der Waals surface area contributed by atoms with Crippen molar-refractivity contribution in [1.82, 2.24) is 4.90 Å². The second-order valence-corrected chi connectivity index (χ2v) is 4.16. The van der Waals surface area contributed by atoms with Gasteiger partial charge in [0.2, 0.25) is 0 Å². The Balaban J connectivity index is 2.71. The molecule has 0 unspecified atom stereocenters. The molecule has 1 aromatic rings. The van der Waals surface area contributed by atoms with Crippen molar-refractivity contribution in [3.63, 3.8) is 0 Å². The molecule has 0 radical (unpaired) electrons. The molecule has 0 atom stereocenters. The van der Waals surface area contributed by atoms with E-state index in [9.17, 15) is 18.0 Å². The first-order valence-corrected chi connectivity index (χ1v) is 5.39. The summed E-state index contributed by atoms with van der Waals surface area (Å²) >= 11 is 0. The van der Waals surface area contributed by atoms with Gasteiger partial charge in [0.1, 0.15) is 0 Å². The average Bonchev–Trinajstić information content (AvgIpc) is 2.27. The Morgan fingerprint density at radius 2 is 2.00 bits per heavy atom. The molecule has 18 heavy (non-hydrogen) atoms. The van der Waals surface area contributed by atoms with Gasteiger partial charge >= 0.3 is 6.18 Å². The van der Waals surface area contributed by atoms with E-state index in [2.05, 4.69) is 0 Å². The molecule has 0 aliphatic carbocycles. The lowest BCUT2D eigenvalue weighted by molar-refractivity contribution is -0.136. The van der Waals surface area contributed by atoms with Crippen LogP contribution in [-0.2, 0) is 0 Å². The van der Waals surface area contributed by atoms with E-state index >= 15 is 0 Å². The van der Waals surface area contributed by atoms with E-state index in [1.807, 2.05) is 0 Å². The SMILES string of the molecule is Cc1cc(C(=O)N(C)CCC(F)(F)F)ccc1N. The molecule has 0 saturated carbocycles. The molecule has 1 amide bonds. The molecule has 0 spiro atoms. The molecule has 0 bridgehead atoms. The lowest BCUT2D eigenvalue weighted by atomic mass is 10.1. The maximum atomic E-state index is 12.0. The van der Waals surface area contributed by atoms with Crippen LogP contribution in [0, 0.1) is 6.92 Å². The first-order chi connectivity index (χ1) is 8.20. The van der Waals surface area contributed by atoms with Gasteiger partial charge in [-0.05, 0) is 30.7 Å². The van der Waals surface area contributed by atoms with E-state index in [1.54, 1.807) is 19.1 Å². The molecule has 6 heteroatoms. The lowest BCUT2D eigenvalue weighted by Gasteiger charge is -2.18. The number of nitrogens with two attached hydrogens (primary N) is 1. The van der Waals surface area contributed by atoms with E-state index in [-0.39, 0.29) is 6.54 Å². The number of benzene rings is 1. The number of carbonyl (C=O) groups excluding carboxylic acids is 1. The smallest absolute Gasteiger partial charge is 0.390 e. The van der Waals surface area contributed by atoms with E-state index in [0.29, 0.717) is 11.3 Å². The highest BCUT2D eigenvalue weighted by Crippen LogP contribution is 2.20. The van der Waals surface area contributed by atoms with Crippen LogP contribution in [0.2, 0.25) is 0 Å². The van der Waals surface area contributed by atoms with Crippen LogP contribution in [0.3, 0.4) is 0 Å². The zero-order chi connectivity index (χ0) is 13.9. The van der Waals surface area contributed by atoms with E-state index < -0.39 is 18.5 Å². The van der Waals surface area contributed by atoms with E-state index in [1.165, 1.54) is 13.1 Å². The van der Waals surface area contributed by atoms with Gasteiger partial charge in [0.15, 0.2) is 0 Å². The van der Waals surface area contributed by atoms with Crippen LogP contribution in [0.1, 0.15) is 22.3 Å². The number of hydrogen-bond donors (Lipinski definition) is 1. The maximum absolute atomic E-state index is 12.0. The summed E-state index contributed by atoms with van der Waals surface area (Å²) in [6, 6.07) is 4.65. The molecule has 0 saturated heterocycles. The highest BCUT2D eigenvalue weighted by molar-refractivity contribution is 5.94. The Kier molecular flexibility index (Phi) is 4.21. The average molecular weight is 260 g/mol. The quantitative estimate of drug-likeness (QED) is 0.849. The van der Waals surface area contributed by atoms with Crippen LogP contribution in [0.5, 0.6) is 0 Å². The number of amides is 1. The molecule has 0 fully saturated rings. The first kappa shape index (κ1) is 14.3. The van der Waals surface area contributed by atoms with Gasteiger partial charge in [-0.2, -0.15) is 13.2 Å². The third-order valence-electron chi connectivity index (χ3n) is 2.59. The monoisotopic (exact) mass is 260 g/mol. The standard InChI is InChI=1S/C12H15F3N2O/c1-8-7-9(3-4-10(8)16)11(18)17(2)6-5-12(13,14)15/h3-4,7H,5-6,16H2,1-2H3. The van der Waals surface area contributed by atoms with Crippen molar-refractivity contribution in [3.05, 3.63) is 29.3 Å². The fourth-order valence-corrected chi connectivity index (χ4v) is 1.43. The van der Waals surface area contributed by atoms with E-state index in [0.717, 1.165) is 10.5 Å². The summed E-state index contributed by atoms with van der Waals surface area (Å²) in [5.41, 5.74) is 7.22. The van der Waals surface area contributed by atoms with Gasteiger partial charge in [-0.1, -0.05) is 0 Å². The number of halogens is 3. The predicted molar refractivity (Wildman–Crippen MR) is 63.2 cm³/mol. The highest BCUT2D eigenvalue weighted by Gasteiger charge is 2.28. The number of anilines is 1. The highest BCUT2D eigenvalue weighted by atomic mass is 19.4. The van der Waals surface area contributed by atoms with Crippen LogP contribution in [0.4, 0.5) is 18.9 Å². The molecule has 1 aromatic carbocycles. The molecule has 0 aliphatic rings. The Morgan fingerprint density at radius 1 is 1.39 bits per heavy atom. The summed E-state index contributed by atoms with van der Waals surface area (Å²) < 4.78 is 36.1. The third-order valence-corrected chi connectivity index (χ3v) is 2.59. The van der Waals surface area contributed by atoms with Crippen LogP contribution in [-0.4, -0.2) is 30.6 Å². The van der Waals surface area contributed by atoms with Gasteiger partial charge in [0.25, 0.3) is 5.91 Å². The van der Waals surface area contributed by atoms with Crippen molar-refractivity contribution in [2.24, 2.45) is 0 Å². The fourth-order valence-electron chi connectivity index (χ4n) is 1.43. The number of nitrogen functional groups attached to an aromatic ring is 1. The molecule has 2 N–H and O–H groups in total. The number of alkyl halides is 3. The second-order valence-electron chi connectivity index (χ2n) is 4.16. The largest absolute Gasteiger partial charge is 0.399 e. The van der Waals surface area contributed by atoms with Crippen molar-refractivity contribution in [1.29, 1.82) is 0 Å². The molecule has 1 rings (SSSR count). The summed E-state index contributed by atoms with van der Waals surface area (Å²) in [6.45, 7) is 1.38.